The summed E-state index contributed by atoms with van der Waals surface area (Å²) in [6, 6.07) is 61.5. The molecule has 3 aromatic heterocycles. The lowest BCUT2D eigenvalue weighted by Gasteiger charge is -2.22. The molecule has 258 valence electrons. The molecular formula is C51H34N4. The van der Waals surface area contributed by atoms with Crippen molar-refractivity contribution >= 4 is 65.4 Å². The van der Waals surface area contributed by atoms with Gasteiger partial charge in [-0.1, -0.05) is 135 Å². The number of aromatic nitrogens is 4. The zero-order valence-corrected chi connectivity index (χ0v) is 30.5. The first-order chi connectivity index (χ1) is 27.1. The molecule has 0 saturated carbocycles. The van der Waals surface area contributed by atoms with E-state index in [2.05, 4.69) is 193 Å². The van der Waals surface area contributed by atoms with Crippen LogP contribution in [0.2, 0.25) is 0 Å². The van der Waals surface area contributed by atoms with Gasteiger partial charge >= 0.3 is 0 Å². The smallest absolute Gasteiger partial charge is 0.165 e. The zero-order chi connectivity index (χ0) is 36.4. The van der Waals surface area contributed by atoms with Crippen LogP contribution in [0.4, 0.5) is 0 Å². The van der Waals surface area contributed by atoms with E-state index in [1.807, 2.05) is 0 Å². The molecule has 0 radical (unpaired) electrons. The predicted molar refractivity (Wildman–Crippen MR) is 229 cm³/mol. The topological polar surface area (TPSA) is 35.6 Å². The Bertz CT molecular complexity index is 3360. The third kappa shape index (κ3) is 4.11. The van der Waals surface area contributed by atoms with E-state index >= 15 is 0 Å². The van der Waals surface area contributed by atoms with Crippen molar-refractivity contribution in [1.82, 2.24) is 19.1 Å². The van der Waals surface area contributed by atoms with E-state index in [-0.39, 0.29) is 5.41 Å². The van der Waals surface area contributed by atoms with E-state index in [1.54, 1.807) is 0 Å². The summed E-state index contributed by atoms with van der Waals surface area (Å²) in [5, 5.41) is 7.32. The molecule has 0 spiro atoms. The molecule has 1 aliphatic carbocycles. The van der Waals surface area contributed by atoms with Gasteiger partial charge < -0.3 is 4.57 Å². The Morgan fingerprint density at radius 3 is 1.84 bits per heavy atom. The second-order valence-electron chi connectivity index (χ2n) is 15.4. The molecule has 0 N–H and O–H groups in total. The number of hydrogen-bond acceptors (Lipinski definition) is 2. The van der Waals surface area contributed by atoms with Crippen molar-refractivity contribution < 1.29 is 0 Å². The molecule has 11 aromatic rings. The van der Waals surface area contributed by atoms with E-state index in [4.69, 9.17) is 9.97 Å². The van der Waals surface area contributed by atoms with Crippen LogP contribution in [-0.2, 0) is 5.41 Å². The molecule has 0 amide bonds. The normalized spacial score (nSPS) is 13.4. The van der Waals surface area contributed by atoms with E-state index < -0.39 is 0 Å². The predicted octanol–water partition coefficient (Wildman–Crippen LogP) is 13.0. The molecule has 0 unspecified atom stereocenters. The van der Waals surface area contributed by atoms with Gasteiger partial charge in [0.05, 0.1) is 33.1 Å². The number of hydrogen-bond donors (Lipinski definition) is 0. The number of nitrogens with zero attached hydrogens (tertiary/aromatic N) is 4. The molecule has 0 aliphatic heterocycles. The van der Waals surface area contributed by atoms with E-state index in [9.17, 15) is 0 Å². The highest BCUT2D eigenvalue weighted by atomic mass is 15.1. The Hall–Kier alpha value is -7.04. The van der Waals surface area contributed by atoms with Crippen molar-refractivity contribution in [3.8, 4) is 33.9 Å². The first kappa shape index (κ1) is 30.4. The van der Waals surface area contributed by atoms with Crippen molar-refractivity contribution in [3.05, 3.63) is 181 Å². The van der Waals surface area contributed by atoms with Gasteiger partial charge in [-0.2, -0.15) is 0 Å². The average Bonchev–Trinajstić information content (AvgIpc) is 3.83. The van der Waals surface area contributed by atoms with Gasteiger partial charge in [0.2, 0.25) is 0 Å². The maximum absolute atomic E-state index is 5.54. The van der Waals surface area contributed by atoms with Crippen LogP contribution in [0, 0.1) is 0 Å². The fourth-order valence-electron chi connectivity index (χ4n) is 9.63. The summed E-state index contributed by atoms with van der Waals surface area (Å²) in [4.78, 5) is 11.1. The lowest BCUT2D eigenvalue weighted by molar-refractivity contribution is 0.660. The molecule has 3 heterocycles. The highest BCUT2D eigenvalue weighted by molar-refractivity contribution is 6.22. The molecule has 55 heavy (non-hydrogen) atoms. The van der Waals surface area contributed by atoms with Crippen LogP contribution in [0.1, 0.15) is 25.0 Å². The monoisotopic (exact) mass is 702 g/mol. The van der Waals surface area contributed by atoms with Gasteiger partial charge in [-0.15, -0.1) is 0 Å². The summed E-state index contributed by atoms with van der Waals surface area (Å²) in [6.07, 6.45) is 0. The van der Waals surface area contributed by atoms with Crippen molar-refractivity contribution in [2.75, 3.05) is 0 Å². The lowest BCUT2D eigenvalue weighted by atomic mass is 9.82. The maximum Gasteiger partial charge on any atom is 0.165 e. The number of para-hydroxylation sites is 4. The van der Waals surface area contributed by atoms with Crippen LogP contribution in [0.3, 0.4) is 0 Å². The number of fused-ring (bicyclic) bond motifs is 12. The van der Waals surface area contributed by atoms with Gasteiger partial charge in [0.25, 0.3) is 0 Å². The SMILES string of the molecule is CC1(C)c2ccccc2-c2c(-c3nc4ccccc4nc3-n3c4ccc(-n5c6ccccc6c6ccccc65)cc4c4c5ccccc5ccc43)cccc21. The van der Waals surface area contributed by atoms with Crippen molar-refractivity contribution in [2.24, 2.45) is 0 Å². The van der Waals surface area contributed by atoms with Crippen LogP contribution >= 0.6 is 0 Å². The molecule has 0 atom stereocenters. The zero-order valence-electron chi connectivity index (χ0n) is 30.5. The summed E-state index contributed by atoms with van der Waals surface area (Å²) >= 11 is 0. The molecule has 0 saturated heterocycles. The fraction of sp³-hybridized carbons (Fsp3) is 0.0588. The summed E-state index contributed by atoms with van der Waals surface area (Å²) in [6.45, 7) is 4.67. The first-order valence-electron chi connectivity index (χ1n) is 19.0. The number of benzene rings is 8. The van der Waals surface area contributed by atoms with Crippen LogP contribution in [0.25, 0.3) is 99.3 Å². The van der Waals surface area contributed by atoms with Gasteiger partial charge in [0, 0.05) is 38.2 Å². The van der Waals surface area contributed by atoms with Gasteiger partial charge in [0.1, 0.15) is 5.69 Å². The molecule has 0 bridgehead atoms. The molecule has 0 fully saturated rings. The highest BCUT2D eigenvalue weighted by Gasteiger charge is 2.37. The number of rotatable bonds is 3. The van der Waals surface area contributed by atoms with Gasteiger partial charge in [-0.3, -0.25) is 4.57 Å². The Kier molecular flexibility index (Phi) is 6.09. The average molecular weight is 703 g/mol. The standard InChI is InChI=1S/C51H34N4/c1-51(2)39-20-8-5-18-36(39)47-37(19-13-21-40(47)51)49-50(53-42-23-10-9-22-41(42)52-49)55-45-29-27-32(30-38(45)48-33-15-4-3-14-31(33)26-28-46(48)55)54-43-24-11-6-16-34(43)35-17-7-12-25-44(35)54/h3-30H,1-2H3. The Labute approximate surface area is 317 Å². The van der Waals surface area contributed by atoms with Crippen LogP contribution < -0.4 is 0 Å². The minimum atomic E-state index is -0.138. The van der Waals surface area contributed by atoms with Crippen molar-refractivity contribution in [3.63, 3.8) is 0 Å². The van der Waals surface area contributed by atoms with Gasteiger partial charge in [-0.25, -0.2) is 9.97 Å². The van der Waals surface area contributed by atoms with E-state index in [0.29, 0.717) is 0 Å². The van der Waals surface area contributed by atoms with E-state index in [0.717, 1.165) is 44.8 Å². The van der Waals surface area contributed by atoms with E-state index in [1.165, 1.54) is 65.6 Å². The summed E-state index contributed by atoms with van der Waals surface area (Å²) in [5.41, 5.74) is 14.5. The molecule has 4 heteroatoms. The quantitative estimate of drug-likeness (QED) is 0.184. The molecule has 4 nitrogen and oxygen atoms in total. The van der Waals surface area contributed by atoms with Crippen molar-refractivity contribution in [2.45, 2.75) is 19.3 Å². The Morgan fingerprint density at radius 2 is 1.04 bits per heavy atom. The summed E-state index contributed by atoms with van der Waals surface area (Å²) in [7, 11) is 0. The minimum absolute atomic E-state index is 0.138. The first-order valence-corrected chi connectivity index (χ1v) is 19.0. The Balaban J connectivity index is 1.22. The lowest BCUT2D eigenvalue weighted by Crippen LogP contribution is -2.14. The van der Waals surface area contributed by atoms with Crippen LogP contribution in [0.15, 0.2) is 170 Å². The Morgan fingerprint density at radius 1 is 0.436 bits per heavy atom. The van der Waals surface area contributed by atoms with Crippen molar-refractivity contribution in [1.29, 1.82) is 0 Å². The third-order valence-corrected chi connectivity index (χ3v) is 12.1. The second-order valence-corrected chi connectivity index (χ2v) is 15.4. The van der Waals surface area contributed by atoms with Gasteiger partial charge in [0.15, 0.2) is 5.82 Å². The van der Waals surface area contributed by atoms with Crippen LogP contribution in [-0.4, -0.2) is 19.1 Å². The molecule has 12 rings (SSSR count). The third-order valence-electron chi connectivity index (χ3n) is 12.1. The molecule has 8 aromatic carbocycles. The van der Waals surface area contributed by atoms with Crippen LogP contribution in [0.5, 0.6) is 0 Å². The maximum atomic E-state index is 5.54. The summed E-state index contributed by atoms with van der Waals surface area (Å²) in [5.74, 6) is 0.828. The summed E-state index contributed by atoms with van der Waals surface area (Å²) < 4.78 is 4.78. The van der Waals surface area contributed by atoms with Gasteiger partial charge in [-0.05, 0) is 81.6 Å². The largest absolute Gasteiger partial charge is 0.309 e. The molecule has 1 aliphatic rings. The second kappa shape index (κ2) is 11.0. The highest BCUT2D eigenvalue weighted by Crippen LogP contribution is 2.52. The molecular weight excluding hydrogens is 669 g/mol. The minimum Gasteiger partial charge on any atom is -0.309 e. The fourth-order valence-corrected chi connectivity index (χ4v) is 9.63.